The predicted octanol–water partition coefficient (Wildman–Crippen LogP) is 1.37. The lowest BCUT2D eigenvalue weighted by molar-refractivity contribution is -0.243. The number of carboxylic acid groups (broad SMARTS) is 1. The van der Waals surface area contributed by atoms with Gasteiger partial charge in [-0.1, -0.05) is 17.7 Å². The van der Waals surface area contributed by atoms with E-state index in [9.17, 15) is 9.90 Å². The Labute approximate surface area is 79.9 Å². The maximum Gasteiger partial charge on any atom is 0.337 e. The summed E-state index contributed by atoms with van der Waals surface area (Å²) in [7, 11) is 0. The number of benzene rings is 1. The fraction of sp³-hybridized carbons (Fsp3) is 0. The molecule has 13 heavy (non-hydrogen) atoms. The summed E-state index contributed by atoms with van der Waals surface area (Å²) in [5.41, 5.74) is 0.151. The molecule has 0 saturated carbocycles. The van der Waals surface area contributed by atoms with E-state index in [4.69, 9.17) is 16.7 Å². The van der Waals surface area contributed by atoms with E-state index in [1.165, 1.54) is 18.2 Å². The third-order valence-corrected chi connectivity index (χ3v) is 1.85. The summed E-state index contributed by atoms with van der Waals surface area (Å²) in [6, 6.07) is 4.01. The van der Waals surface area contributed by atoms with Crippen LogP contribution in [-0.2, 0) is 0 Å². The van der Waals surface area contributed by atoms with E-state index in [2.05, 4.69) is 6.58 Å². The van der Waals surface area contributed by atoms with Gasteiger partial charge in [-0.05, 0) is 17.7 Å². The molecule has 1 aromatic carbocycles. The van der Waals surface area contributed by atoms with Crippen LogP contribution in [-0.4, -0.2) is 11.1 Å². The second-order valence-corrected chi connectivity index (χ2v) is 2.83. The van der Waals surface area contributed by atoms with E-state index in [0.29, 0.717) is 0 Å². The highest BCUT2D eigenvalue weighted by molar-refractivity contribution is 6.33. The van der Waals surface area contributed by atoms with Crippen LogP contribution in [0.25, 0.3) is 5.76 Å². The third kappa shape index (κ3) is 2.00. The van der Waals surface area contributed by atoms with Crippen molar-refractivity contribution in [2.45, 2.75) is 0 Å². The number of hydrogen-bond acceptors (Lipinski definition) is 2. The lowest BCUT2D eigenvalue weighted by Crippen LogP contribution is -2.03. The summed E-state index contributed by atoms with van der Waals surface area (Å²) >= 11 is 5.58. The Hall–Kier alpha value is -1.48. The number of hydrogen-bond donors (Lipinski definition) is 1. The maximum absolute atomic E-state index is 10.8. The first-order chi connectivity index (χ1) is 6.02. The summed E-state index contributed by atoms with van der Waals surface area (Å²) in [6.45, 7) is 3.16. The molecule has 0 aromatic heterocycles. The predicted molar refractivity (Wildman–Crippen MR) is 47.4 cm³/mol. The first-order valence-electron chi connectivity index (χ1n) is 3.41. The highest BCUT2D eigenvalue weighted by atomic mass is 35.5. The Bertz CT molecular complexity index is 371. The number of carboxylic acids is 1. The van der Waals surface area contributed by atoms with Crippen LogP contribution >= 0.6 is 11.6 Å². The normalized spacial score (nSPS) is 9.62. The fourth-order valence-corrected chi connectivity index (χ4v) is 1.06. The standard InChI is InChI=1S/C9H7ClO3/c1-5(11)6-2-3-8(10)7(4-6)9(12)13/h2-4,11H,1H2,(H,12,13)/p-1. The summed E-state index contributed by atoms with van der Waals surface area (Å²) in [4.78, 5) is 10.6. The maximum atomic E-state index is 10.8. The van der Waals surface area contributed by atoms with Gasteiger partial charge in [0.15, 0.2) is 0 Å². The first kappa shape index (κ1) is 9.61. The van der Waals surface area contributed by atoms with Crippen molar-refractivity contribution in [1.82, 2.24) is 0 Å². The summed E-state index contributed by atoms with van der Waals surface area (Å²) in [5, 5.41) is 19.5. The quantitative estimate of drug-likeness (QED) is 0.729. The van der Waals surface area contributed by atoms with Gasteiger partial charge in [-0.15, -0.1) is 12.3 Å². The molecule has 1 rings (SSSR count). The molecule has 0 fully saturated rings. The van der Waals surface area contributed by atoms with Crippen LogP contribution in [0.4, 0.5) is 0 Å². The summed E-state index contributed by atoms with van der Waals surface area (Å²) in [5.74, 6) is -1.59. The highest BCUT2D eigenvalue weighted by Crippen LogP contribution is 2.19. The Morgan fingerprint density at radius 3 is 2.62 bits per heavy atom. The van der Waals surface area contributed by atoms with Gasteiger partial charge < -0.3 is 10.2 Å². The van der Waals surface area contributed by atoms with E-state index >= 15 is 0 Å². The molecule has 0 spiro atoms. The first-order valence-corrected chi connectivity index (χ1v) is 3.79. The molecule has 0 unspecified atom stereocenters. The molecule has 0 atom stereocenters. The van der Waals surface area contributed by atoms with Gasteiger partial charge in [0.1, 0.15) is 0 Å². The largest absolute Gasteiger partial charge is 0.872 e. The number of aromatic carboxylic acids is 1. The summed E-state index contributed by atoms with van der Waals surface area (Å²) < 4.78 is 0. The number of rotatable bonds is 2. The molecule has 0 saturated heterocycles. The van der Waals surface area contributed by atoms with Gasteiger partial charge in [0.2, 0.25) is 0 Å². The SMILES string of the molecule is C=C([O-])c1ccc(Cl)c(C(=O)O)c1. The molecule has 0 aliphatic heterocycles. The molecule has 1 aromatic rings. The lowest BCUT2D eigenvalue weighted by atomic mass is 10.1. The zero-order valence-electron chi connectivity index (χ0n) is 6.58. The molecule has 0 bridgehead atoms. The second kappa shape index (κ2) is 3.49. The van der Waals surface area contributed by atoms with Crippen LogP contribution in [0.5, 0.6) is 0 Å². The molecule has 68 valence electrons. The highest BCUT2D eigenvalue weighted by Gasteiger charge is 2.08. The van der Waals surface area contributed by atoms with Crippen molar-refractivity contribution in [1.29, 1.82) is 0 Å². The van der Waals surface area contributed by atoms with Crippen LogP contribution < -0.4 is 5.11 Å². The summed E-state index contributed by atoms with van der Waals surface area (Å²) in [6.07, 6.45) is 0. The zero-order chi connectivity index (χ0) is 10.0. The minimum absolute atomic E-state index is 0.0869. The minimum Gasteiger partial charge on any atom is -0.872 e. The molecule has 1 N–H and O–H groups in total. The van der Waals surface area contributed by atoms with E-state index in [0.717, 1.165) is 0 Å². The van der Waals surface area contributed by atoms with Gasteiger partial charge in [-0.25, -0.2) is 4.79 Å². The average Bonchev–Trinajstić information content (AvgIpc) is 2.04. The minimum atomic E-state index is -1.16. The van der Waals surface area contributed by atoms with Crippen molar-refractivity contribution in [2.24, 2.45) is 0 Å². The molecule has 0 radical (unpaired) electrons. The molecule has 0 heterocycles. The monoisotopic (exact) mass is 197 g/mol. The van der Waals surface area contributed by atoms with Gasteiger partial charge in [-0.3, -0.25) is 0 Å². The Balaban J connectivity index is 3.27. The van der Waals surface area contributed by atoms with Gasteiger partial charge in [0.25, 0.3) is 0 Å². The second-order valence-electron chi connectivity index (χ2n) is 2.42. The van der Waals surface area contributed by atoms with Gasteiger partial charge in [0.05, 0.1) is 10.6 Å². The van der Waals surface area contributed by atoms with E-state index in [1.807, 2.05) is 0 Å². The Morgan fingerprint density at radius 1 is 1.54 bits per heavy atom. The molecular formula is C9H6ClO3-. The molecule has 0 aliphatic carbocycles. The smallest absolute Gasteiger partial charge is 0.337 e. The third-order valence-electron chi connectivity index (χ3n) is 1.52. The van der Waals surface area contributed by atoms with Crippen molar-refractivity contribution >= 4 is 23.3 Å². The number of halogens is 1. The van der Waals surface area contributed by atoms with Crippen molar-refractivity contribution < 1.29 is 15.0 Å². The molecule has 4 heteroatoms. The van der Waals surface area contributed by atoms with Crippen LogP contribution in [0, 0.1) is 0 Å². The average molecular weight is 198 g/mol. The van der Waals surface area contributed by atoms with E-state index < -0.39 is 11.7 Å². The van der Waals surface area contributed by atoms with E-state index in [-0.39, 0.29) is 16.1 Å². The van der Waals surface area contributed by atoms with Gasteiger partial charge in [-0.2, -0.15) is 0 Å². The van der Waals surface area contributed by atoms with Crippen molar-refractivity contribution in [3.8, 4) is 0 Å². The lowest BCUT2D eigenvalue weighted by Gasteiger charge is -2.10. The van der Waals surface area contributed by atoms with Gasteiger partial charge in [0, 0.05) is 0 Å². The van der Waals surface area contributed by atoms with Crippen molar-refractivity contribution in [3.63, 3.8) is 0 Å². The van der Waals surface area contributed by atoms with E-state index in [1.54, 1.807) is 0 Å². The number of carbonyl (C=O) groups is 1. The topological polar surface area (TPSA) is 60.4 Å². The fourth-order valence-electron chi connectivity index (χ4n) is 0.863. The molecule has 3 nitrogen and oxygen atoms in total. The molecule has 0 amide bonds. The van der Waals surface area contributed by atoms with Crippen LogP contribution in [0.15, 0.2) is 24.8 Å². The van der Waals surface area contributed by atoms with Gasteiger partial charge >= 0.3 is 5.97 Å². The van der Waals surface area contributed by atoms with Crippen molar-refractivity contribution in [2.75, 3.05) is 0 Å². The molecular weight excluding hydrogens is 192 g/mol. The molecule has 0 aliphatic rings. The van der Waals surface area contributed by atoms with Crippen LogP contribution in [0.3, 0.4) is 0 Å². The van der Waals surface area contributed by atoms with Crippen molar-refractivity contribution in [3.05, 3.63) is 40.9 Å². The van der Waals surface area contributed by atoms with Crippen LogP contribution in [0.1, 0.15) is 15.9 Å². The Kier molecular flexibility index (Phi) is 2.58. The zero-order valence-corrected chi connectivity index (χ0v) is 7.34. The van der Waals surface area contributed by atoms with Crippen LogP contribution in [0.2, 0.25) is 5.02 Å². The Morgan fingerprint density at radius 2 is 2.15 bits per heavy atom.